The number of hydrogen-bond acceptors (Lipinski definition) is 12. The molecule has 2 aliphatic carbocycles. The molecule has 12 nitrogen and oxygen atoms in total. The molecule has 15 heteroatoms. The number of esters is 1. The van der Waals surface area contributed by atoms with Crippen molar-refractivity contribution >= 4 is 58.9 Å². The minimum Gasteiger partial charge on any atom is -0.506 e. The van der Waals surface area contributed by atoms with Crippen LogP contribution in [0.3, 0.4) is 0 Å². The van der Waals surface area contributed by atoms with E-state index in [4.69, 9.17) is 19.5 Å². The number of nitrogens with zero attached hydrogens (tertiary/aromatic N) is 4. The summed E-state index contributed by atoms with van der Waals surface area (Å²) in [5, 5.41) is 38.6. The van der Waals surface area contributed by atoms with Crippen LogP contribution < -0.4 is 10.9 Å². The van der Waals surface area contributed by atoms with E-state index in [1.165, 1.54) is 45.4 Å². The maximum Gasteiger partial charge on any atom is 0.349 e. The van der Waals surface area contributed by atoms with Gasteiger partial charge in [0, 0.05) is 42.0 Å². The van der Waals surface area contributed by atoms with Gasteiger partial charge >= 0.3 is 5.97 Å². The Labute approximate surface area is 407 Å². The van der Waals surface area contributed by atoms with Crippen LogP contribution in [0, 0.1) is 0 Å². The van der Waals surface area contributed by atoms with Crippen LogP contribution in [0.2, 0.25) is 18.1 Å². The summed E-state index contributed by atoms with van der Waals surface area (Å²) >= 11 is 2.79. The molecule has 0 spiro atoms. The van der Waals surface area contributed by atoms with E-state index < -0.39 is 19.9 Å². The highest BCUT2D eigenvalue weighted by molar-refractivity contribution is 7.16. The number of phenolic OH excluding ortho intramolecular Hbond substituents is 1. The van der Waals surface area contributed by atoms with E-state index in [2.05, 4.69) is 66.9 Å². The van der Waals surface area contributed by atoms with E-state index >= 15 is 0 Å². The summed E-state index contributed by atoms with van der Waals surface area (Å²) in [7, 11) is -0.0407. The zero-order valence-electron chi connectivity index (χ0n) is 40.0. The van der Waals surface area contributed by atoms with Gasteiger partial charge in [0.25, 0.3) is 0 Å². The van der Waals surface area contributed by atoms with E-state index in [0.29, 0.717) is 34.4 Å². The molecule has 9 rings (SSSR count). The smallest absolute Gasteiger partial charge is 0.349 e. The lowest BCUT2D eigenvalue weighted by molar-refractivity contribution is -0.169. The van der Waals surface area contributed by atoms with Gasteiger partial charge in [0.05, 0.1) is 26.9 Å². The number of aromatic amines is 1. The van der Waals surface area contributed by atoms with E-state index in [-0.39, 0.29) is 28.6 Å². The first kappa shape index (κ1) is 48.0. The Hall–Kier alpha value is -5.00. The number of aromatic nitrogens is 4. The van der Waals surface area contributed by atoms with Crippen molar-refractivity contribution in [3.63, 3.8) is 0 Å². The van der Waals surface area contributed by atoms with E-state index in [1.54, 1.807) is 12.1 Å². The second-order valence-electron chi connectivity index (χ2n) is 20.2. The highest BCUT2D eigenvalue weighted by atomic mass is 32.1. The molecule has 4 heterocycles. The quantitative estimate of drug-likeness (QED) is 0.0512. The SMILES string of the molecule is CN(CCCn1nnc2cc(CNCC(O[Si](C)(C)C(C)(C)C)c3ccc(O)c4[nH]c(=O)ccc34)c3c(c21)CCC3)[C@H]1CC[C@H](OC(=O)[C@](O)(c2cccs2)c2ccc(-c3ccccc3)s2)CC1. The first-order valence-corrected chi connectivity index (χ1v) is 28.6. The normalized spacial score (nSPS) is 18.0. The number of aromatic hydroxyl groups is 1. The van der Waals surface area contributed by atoms with Crippen LogP contribution in [-0.4, -0.2) is 81.7 Å². The molecule has 1 unspecified atom stereocenters. The number of carbonyl (C=O) groups is 1. The minimum absolute atomic E-state index is 0.0163. The fourth-order valence-corrected chi connectivity index (χ4v) is 13.1. The third kappa shape index (κ3) is 9.76. The summed E-state index contributed by atoms with van der Waals surface area (Å²) in [6.45, 7) is 14.1. The molecule has 4 N–H and O–H groups in total. The van der Waals surface area contributed by atoms with Crippen molar-refractivity contribution in [2.45, 2.75) is 127 Å². The Bertz CT molecular complexity index is 2940. The first-order chi connectivity index (χ1) is 32.6. The van der Waals surface area contributed by atoms with Gasteiger partial charge < -0.3 is 34.6 Å². The molecule has 2 aliphatic rings. The van der Waals surface area contributed by atoms with Gasteiger partial charge in [0.15, 0.2) is 8.32 Å². The standard InChI is InChI=1S/C53H64N6O6S2Si/c1-52(2,3)68(5,6)65-44(39-22-24-43(60)49-40(39)23-27-48(61)55-49)33-54-32-35-31-42-50(41-16-10-15-38(35)41)59(57-56-42)29-12-28-58(4)36-18-20-37(21-19-36)64-51(62)53(63,46-17-11-30-66-46)47-26-25-45(67-47)34-13-8-7-9-14-34/h7-9,11,13-14,17,22-27,30-31,36-37,44,54,60,63H,10,12,15-16,18-21,28-29,32-33H2,1-6H3,(H,55,61)/t36-,37-,44?,53-/m0/s1. The van der Waals surface area contributed by atoms with Gasteiger partial charge in [-0.2, -0.15) is 0 Å². The van der Waals surface area contributed by atoms with Crippen molar-refractivity contribution in [2.75, 3.05) is 20.1 Å². The topological polar surface area (TPSA) is 155 Å². The molecule has 0 bridgehead atoms. The van der Waals surface area contributed by atoms with Crippen LogP contribution in [0.15, 0.2) is 95.1 Å². The van der Waals surface area contributed by atoms with Crippen LogP contribution in [0.5, 0.6) is 5.75 Å². The number of aliphatic hydroxyl groups is 1. The molecule has 0 amide bonds. The molecule has 0 aliphatic heterocycles. The number of rotatable bonds is 17. The predicted molar refractivity (Wildman–Crippen MR) is 275 cm³/mol. The summed E-state index contributed by atoms with van der Waals surface area (Å²) in [6, 6.07) is 26.9. The number of benzene rings is 3. The Balaban J connectivity index is 0.811. The second kappa shape index (κ2) is 19.8. The van der Waals surface area contributed by atoms with Gasteiger partial charge in [-0.3, -0.25) is 4.79 Å². The first-order valence-electron chi connectivity index (χ1n) is 24.0. The lowest BCUT2D eigenvalue weighted by Crippen LogP contribution is -2.43. The van der Waals surface area contributed by atoms with Gasteiger partial charge in [-0.05, 0) is 153 Å². The third-order valence-corrected chi connectivity index (χ3v) is 21.4. The van der Waals surface area contributed by atoms with Crippen molar-refractivity contribution in [1.29, 1.82) is 0 Å². The van der Waals surface area contributed by atoms with Gasteiger partial charge in [0.1, 0.15) is 17.4 Å². The summed E-state index contributed by atoms with van der Waals surface area (Å²) in [6.07, 6.45) is 6.81. The van der Waals surface area contributed by atoms with Crippen LogP contribution >= 0.6 is 22.7 Å². The number of ether oxygens (including phenoxy) is 1. The minimum atomic E-state index is -2.23. The number of nitrogens with one attached hydrogen (secondary N) is 2. The van der Waals surface area contributed by atoms with E-state index in [9.17, 15) is 19.8 Å². The average Bonchev–Trinajstić information content (AvgIpc) is 4.17. The number of fused-ring (bicyclic) bond motifs is 4. The van der Waals surface area contributed by atoms with Crippen LogP contribution in [0.1, 0.15) is 97.4 Å². The van der Waals surface area contributed by atoms with Crippen LogP contribution in [0.4, 0.5) is 0 Å². The third-order valence-electron chi connectivity index (χ3n) is 14.7. The number of hydrogen-bond donors (Lipinski definition) is 4. The number of thiophene rings is 2. The van der Waals surface area contributed by atoms with Gasteiger partial charge in [-0.25, -0.2) is 9.48 Å². The highest BCUT2D eigenvalue weighted by Crippen LogP contribution is 2.43. The molecule has 0 radical (unpaired) electrons. The summed E-state index contributed by atoms with van der Waals surface area (Å²) in [5.41, 5.74) is 6.34. The number of H-pyrrole nitrogens is 1. The molecule has 7 aromatic rings. The Morgan fingerprint density at radius 2 is 1.76 bits per heavy atom. The van der Waals surface area contributed by atoms with Gasteiger partial charge in [-0.1, -0.05) is 68.4 Å². The second-order valence-corrected chi connectivity index (χ2v) is 27.0. The number of aryl methyl sites for hydroxylation is 2. The average molecular weight is 973 g/mol. The zero-order valence-corrected chi connectivity index (χ0v) is 42.6. The lowest BCUT2D eigenvalue weighted by atomic mass is 9.91. The molecule has 1 fully saturated rings. The molecular weight excluding hydrogens is 909 g/mol. The molecule has 0 saturated heterocycles. The Morgan fingerprint density at radius 3 is 2.51 bits per heavy atom. The molecule has 4 aromatic heterocycles. The van der Waals surface area contributed by atoms with E-state index in [1.807, 2.05) is 66.0 Å². The maximum atomic E-state index is 14.0. The molecule has 1 saturated carbocycles. The lowest BCUT2D eigenvalue weighted by Gasteiger charge is -2.39. The number of pyridine rings is 1. The molecule has 2 atom stereocenters. The highest BCUT2D eigenvalue weighted by Gasteiger charge is 2.46. The largest absolute Gasteiger partial charge is 0.506 e. The van der Waals surface area contributed by atoms with Crippen molar-refractivity contribution < 1.29 is 24.2 Å². The molecule has 68 heavy (non-hydrogen) atoms. The number of phenols is 1. The maximum absolute atomic E-state index is 14.0. The monoisotopic (exact) mass is 972 g/mol. The van der Waals surface area contributed by atoms with Crippen LogP contribution in [-0.2, 0) is 45.5 Å². The fourth-order valence-electron chi connectivity index (χ4n) is 9.87. The Morgan fingerprint density at radius 1 is 0.985 bits per heavy atom. The van der Waals surface area contributed by atoms with E-state index in [0.717, 1.165) is 96.9 Å². The van der Waals surface area contributed by atoms with Crippen molar-refractivity contribution in [3.8, 4) is 16.2 Å². The van der Waals surface area contributed by atoms with Gasteiger partial charge in [0.2, 0.25) is 11.2 Å². The summed E-state index contributed by atoms with van der Waals surface area (Å²) in [5.74, 6) is -0.563. The van der Waals surface area contributed by atoms with Crippen molar-refractivity contribution in [1.82, 2.24) is 30.2 Å². The zero-order chi connectivity index (χ0) is 47.8. The fraction of sp³-hybridized carbons (Fsp3) is 0.434. The Kier molecular flexibility index (Phi) is 14.0. The van der Waals surface area contributed by atoms with Crippen molar-refractivity contribution in [3.05, 3.63) is 133 Å². The summed E-state index contributed by atoms with van der Waals surface area (Å²) in [4.78, 5) is 33.6. The van der Waals surface area contributed by atoms with Crippen molar-refractivity contribution in [2.24, 2.45) is 0 Å². The van der Waals surface area contributed by atoms with Gasteiger partial charge in [-0.15, -0.1) is 27.8 Å². The van der Waals surface area contributed by atoms with Crippen LogP contribution in [0.25, 0.3) is 32.4 Å². The summed E-state index contributed by atoms with van der Waals surface area (Å²) < 4.78 is 15.3. The molecular formula is C53H64N6O6S2Si. The predicted octanol–water partition coefficient (Wildman–Crippen LogP) is 10.2. The number of carbonyl (C=O) groups excluding carboxylic acids is 1. The molecule has 358 valence electrons. The molecule has 3 aromatic carbocycles.